The highest BCUT2D eigenvalue weighted by Crippen LogP contribution is 2.24. The predicted octanol–water partition coefficient (Wildman–Crippen LogP) is 5.02. The van der Waals surface area contributed by atoms with Gasteiger partial charge >= 0.3 is 0 Å². The molecule has 1 fully saturated rings. The van der Waals surface area contributed by atoms with E-state index in [1.165, 1.54) is 31.5 Å². The Labute approximate surface area is 157 Å². The SMILES string of the molecule is COCC1CCCN(CC(C)Cc2cccc(Oc3ccccc3)c2)C1. The van der Waals surface area contributed by atoms with Gasteiger partial charge in [-0.25, -0.2) is 0 Å². The second kappa shape index (κ2) is 9.75. The standard InChI is InChI=1S/C23H31NO2/c1-19(16-24-13-7-9-21(17-24)18-25-2)14-20-8-6-12-23(15-20)26-22-10-4-3-5-11-22/h3-6,8,10-12,15,19,21H,7,9,13-14,16-18H2,1-2H3. The van der Waals surface area contributed by atoms with Crippen LogP contribution in [0.4, 0.5) is 0 Å². The molecule has 0 spiro atoms. The average Bonchev–Trinajstić information content (AvgIpc) is 2.63. The van der Waals surface area contributed by atoms with Gasteiger partial charge in [-0.05, 0) is 67.5 Å². The van der Waals surface area contributed by atoms with Gasteiger partial charge in [-0.3, -0.25) is 0 Å². The summed E-state index contributed by atoms with van der Waals surface area (Å²) in [6, 6.07) is 18.5. The summed E-state index contributed by atoms with van der Waals surface area (Å²) in [5.74, 6) is 3.13. The Morgan fingerprint density at radius 2 is 1.88 bits per heavy atom. The number of para-hydroxylation sites is 1. The van der Waals surface area contributed by atoms with Crippen LogP contribution in [-0.2, 0) is 11.2 Å². The Hall–Kier alpha value is -1.84. The van der Waals surface area contributed by atoms with Crippen molar-refractivity contribution in [2.24, 2.45) is 11.8 Å². The van der Waals surface area contributed by atoms with E-state index in [0.29, 0.717) is 11.8 Å². The molecule has 1 heterocycles. The van der Waals surface area contributed by atoms with Gasteiger partial charge in [-0.15, -0.1) is 0 Å². The van der Waals surface area contributed by atoms with Crippen LogP contribution in [0.25, 0.3) is 0 Å². The first kappa shape index (κ1) is 18.9. The van der Waals surface area contributed by atoms with E-state index in [0.717, 1.165) is 31.1 Å². The topological polar surface area (TPSA) is 21.7 Å². The van der Waals surface area contributed by atoms with E-state index in [1.54, 1.807) is 0 Å². The van der Waals surface area contributed by atoms with E-state index in [9.17, 15) is 0 Å². The normalized spacial score (nSPS) is 19.2. The summed E-state index contributed by atoms with van der Waals surface area (Å²) < 4.78 is 11.3. The third-order valence-electron chi connectivity index (χ3n) is 5.04. The van der Waals surface area contributed by atoms with Crippen LogP contribution in [0.5, 0.6) is 11.5 Å². The lowest BCUT2D eigenvalue weighted by molar-refractivity contribution is 0.0839. The molecule has 0 saturated carbocycles. The summed E-state index contributed by atoms with van der Waals surface area (Å²) in [4.78, 5) is 2.61. The van der Waals surface area contributed by atoms with Crippen LogP contribution in [0.2, 0.25) is 0 Å². The number of hydrogen-bond donors (Lipinski definition) is 0. The highest BCUT2D eigenvalue weighted by Gasteiger charge is 2.21. The Morgan fingerprint density at radius 3 is 2.69 bits per heavy atom. The third-order valence-corrected chi connectivity index (χ3v) is 5.04. The molecule has 0 radical (unpaired) electrons. The van der Waals surface area contributed by atoms with Gasteiger partial charge in [-0.2, -0.15) is 0 Å². The van der Waals surface area contributed by atoms with Crippen molar-refractivity contribution >= 4 is 0 Å². The molecule has 26 heavy (non-hydrogen) atoms. The van der Waals surface area contributed by atoms with Gasteiger partial charge in [0.2, 0.25) is 0 Å². The van der Waals surface area contributed by atoms with E-state index < -0.39 is 0 Å². The number of piperidine rings is 1. The van der Waals surface area contributed by atoms with Crippen molar-refractivity contribution < 1.29 is 9.47 Å². The van der Waals surface area contributed by atoms with Gasteiger partial charge in [0.05, 0.1) is 6.61 Å². The molecular formula is C23H31NO2. The van der Waals surface area contributed by atoms with Crippen LogP contribution in [0.1, 0.15) is 25.3 Å². The molecule has 3 heteroatoms. The Morgan fingerprint density at radius 1 is 1.08 bits per heavy atom. The molecule has 2 aromatic carbocycles. The molecule has 2 unspecified atom stereocenters. The first-order valence-electron chi connectivity index (χ1n) is 9.76. The summed E-state index contributed by atoms with van der Waals surface area (Å²) in [6.45, 7) is 6.80. The molecule has 1 aliphatic heterocycles. The number of benzene rings is 2. The van der Waals surface area contributed by atoms with E-state index >= 15 is 0 Å². The van der Waals surface area contributed by atoms with Crippen LogP contribution >= 0.6 is 0 Å². The number of likely N-dealkylation sites (tertiary alicyclic amines) is 1. The third kappa shape index (κ3) is 5.86. The molecular weight excluding hydrogens is 322 g/mol. The lowest BCUT2D eigenvalue weighted by atomic mass is 9.96. The van der Waals surface area contributed by atoms with Crippen LogP contribution in [0.3, 0.4) is 0 Å². The first-order chi connectivity index (χ1) is 12.7. The minimum atomic E-state index is 0.628. The van der Waals surface area contributed by atoms with E-state index in [1.807, 2.05) is 43.5 Å². The minimum absolute atomic E-state index is 0.628. The fraction of sp³-hybridized carbons (Fsp3) is 0.478. The fourth-order valence-electron chi connectivity index (χ4n) is 3.96. The number of ether oxygens (including phenoxy) is 2. The molecule has 0 bridgehead atoms. The van der Waals surface area contributed by atoms with E-state index in [-0.39, 0.29) is 0 Å². The van der Waals surface area contributed by atoms with Crippen molar-refractivity contribution in [2.75, 3.05) is 33.4 Å². The minimum Gasteiger partial charge on any atom is -0.457 e. The number of rotatable bonds is 8. The summed E-state index contributed by atoms with van der Waals surface area (Å²) in [6.07, 6.45) is 3.68. The molecule has 0 N–H and O–H groups in total. The summed E-state index contributed by atoms with van der Waals surface area (Å²) in [5.41, 5.74) is 1.34. The Bertz CT molecular complexity index is 656. The van der Waals surface area contributed by atoms with Gasteiger partial charge in [0.15, 0.2) is 0 Å². The highest BCUT2D eigenvalue weighted by molar-refractivity contribution is 5.34. The van der Waals surface area contributed by atoms with Crippen LogP contribution < -0.4 is 4.74 Å². The molecule has 3 nitrogen and oxygen atoms in total. The van der Waals surface area contributed by atoms with E-state index in [2.05, 4.69) is 30.0 Å². The zero-order chi connectivity index (χ0) is 18.2. The molecule has 2 aromatic rings. The lowest BCUT2D eigenvalue weighted by Gasteiger charge is -2.34. The molecule has 1 aliphatic rings. The zero-order valence-electron chi connectivity index (χ0n) is 16.1. The van der Waals surface area contributed by atoms with Gasteiger partial charge < -0.3 is 14.4 Å². The molecule has 0 amide bonds. The van der Waals surface area contributed by atoms with Gasteiger partial charge in [0, 0.05) is 20.2 Å². The smallest absolute Gasteiger partial charge is 0.127 e. The van der Waals surface area contributed by atoms with Crippen LogP contribution in [-0.4, -0.2) is 38.3 Å². The Kier molecular flexibility index (Phi) is 7.10. The lowest BCUT2D eigenvalue weighted by Crippen LogP contribution is -2.39. The maximum atomic E-state index is 5.97. The molecule has 3 rings (SSSR count). The number of hydrogen-bond acceptors (Lipinski definition) is 3. The van der Waals surface area contributed by atoms with Crippen molar-refractivity contribution in [3.05, 3.63) is 60.2 Å². The zero-order valence-corrected chi connectivity index (χ0v) is 16.1. The molecule has 140 valence electrons. The van der Waals surface area contributed by atoms with Crippen molar-refractivity contribution in [3.63, 3.8) is 0 Å². The number of methoxy groups -OCH3 is 1. The fourth-order valence-corrected chi connectivity index (χ4v) is 3.96. The quantitative estimate of drug-likeness (QED) is 0.665. The van der Waals surface area contributed by atoms with Crippen molar-refractivity contribution in [1.29, 1.82) is 0 Å². The van der Waals surface area contributed by atoms with Crippen molar-refractivity contribution in [2.45, 2.75) is 26.2 Å². The predicted molar refractivity (Wildman–Crippen MR) is 107 cm³/mol. The maximum absolute atomic E-state index is 5.97. The number of nitrogens with zero attached hydrogens (tertiary/aromatic N) is 1. The maximum Gasteiger partial charge on any atom is 0.127 e. The molecule has 2 atom stereocenters. The van der Waals surface area contributed by atoms with Gasteiger partial charge in [-0.1, -0.05) is 37.3 Å². The van der Waals surface area contributed by atoms with Crippen LogP contribution in [0.15, 0.2) is 54.6 Å². The summed E-state index contributed by atoms with van der Waals surface area (Å²) in [7, 11) is 1.81. The van der Waals surface area contributed by atoms with Gasteiger partial charge in [0.1, 0.15) is 11.5 Å². The first-order valence-corrected chi connectivity index (χ1v) is 9.76. The second-order valence-corrected chi connectivity index (χ2v) is 7.59. The van der Waals surface area contributed by atoms with Crippen molar-refractivity contribution in [1.82, 2.24) is 4.90 Å². The largest absolute Gasteiger partial charge is 0.457 e. The van der Waals surface area contributed by atoms with E-state index in [4.69, 9.17) is 9.47 Å². The molecule has 1 saturated heterocycles. The molecule has 0 aromatic heterocycles. The van der Waals surface area contributed by atoms with Crippen LogP contribution in [0, 0.1) is 11.8 Å². The van der Waals surface area contributed by atoms with Crippen molar-refractivity contribution in [3.8, 4) is 11.5 Å². The monoisotopic (exact) mass is 353 g/mol. The Balaban J connectivity index is 1.52. The summed E-state index contributed by atoms with van der Waals surface area (Å²) in [5, 5.41) is 0. The second-order valence-electron chi connectivity index (χ2n) is 7.59. The summed E-state index contributed by atoms with van der Waals surface area (Å²) >= 11 is 0. The van der Waals surface area contributed by atoms with Gasteiger partial charge in [0.25, 0.3) is 0 Å². The molecule has 0 aliphatic carbocycles. The highest BCUT2D eigenvalue weighted by atomic mass is 16.5. The average molecular weight is 354 g/mol.